The summed E-state index contributed by atoms with van der Waals surface area (Å²) < 4.78 is 0. The van der Waals surface area contributed by atoms with Crippen molar-refractivity contribution in [2.45, 2.75) is 18.8 Å². The molecule has 1 aliphatic rings. The Kier molecular flexibility index (Phi) is 4.02. The van der Waals surface area contributed by atoms with E-state index in [0.29, 0.717) is 5.92 Å². The zero-order valence-electron chi connectivity index (χ0n) is 6.55. The van der Waals surface area contributed by atoms with Crippen LogP contribution in [0.15, 0.2) is 18.3 Å². The van der Waals surface area contributed by atoms with Crippen LogP contribution in [0, 0.1) is 0 Å². The predicted molar refractivity (Wildman–Crippen MR) is 47.0 cm³/mol. The molecule has 3 heteroatoms. The Morgan fingerprint density at radius 1 is 1.45 bits per heavy atom. The zero-order valence-corrected chi connectivity index (χ0v) is 10.4. The summed E-state index contributed by atoms with van der Waals surface area (Å²) in [4.78, 5) is 4.21. The summed E-state index contributed by atoms with van der Waals surface area (Å²) in [7, 11) is 0. The van der Waals surface area contributed by atoms with Crippen LogP contribution >= 0.6 is 11.6 Å². The second-order valence-corrected chi connectivity index (χ2v) is 3.05. The molecular formula is C8H8ClKN. The molecule has 1 heterocycles. The first kappa shape index (κ1) is 10.2. The second kappa shape index (κ2) is 4.35. The Labute approximate surface area is 114 Å². The quantitative estimate of drug-likeness (QED) is 0.622. The van der Waals surface area contributed by atoms with Crippen molar-refractivity contribution in [3.63, 3.8) is 0 Å². The van der Waals surface area contributed by atoms with Crippen molar-refractivity contribution in [1.82, 2.24) is 4.98 Å². The fourth-order valence-corrected chi connectivity index (χ4v) is 1.33. The van der Waals surface area contributed by atoms with Gasteiger partial charge in [-0.25, -0.2) is 0 Å². The van der Waals surface area contributed by atoms with Crippen LogP contribution in [0.1, 0.15) is 24.5 Å². The van der Waals surface area contributed by atoms with Crippen LogP contribution in [0.4, 0.5) is 0 Å². The van der Waals surface area contributed by atoms with Crippen LogP contribution < -0.4 is 0 Å². The summed E-state index contributed by atoms with van der Waals surface area (Å²) in [6.45, 7) is 0. The summed E-state index contributed by atoms with van der Waals surface area (Å²) in [5.74, 6) is 0.661. The molecule has 0 bridgehead atoms. The third-order valence-electron chi connectivity index (χ3n) is 1.75. The summed E-state index contributed by atoms with van der Waals surface area (Å²) in [5, 5.41) is 0.824. The average Bonchev–Trinajstić information content (AvgIpc) is 2.71. The first-order valence-corrected chi connectivity index (χ1v) is 3.86. The minimum atomic E-state index is 0. The molecular weight excluding hydrogens is 185 g/mol. The van der Waals surface area contributed by atoms with E-state index in [0.717, 1.165) is 10.7 Å². The van der Waals surface area contributed by atoms with Crippen LogP contribution in [0.3, 0.4) is 0 Å². The first-order valence-electron chi connectivity index (χ1n) is 3.48. The van der Waals surface area contributed by atoms with Gasteiger partial charge in [-0.15, -0.1) is 0 Å². The molecule has 1 nitrogen and oxygen atoms in total. The van der Waals surface area contributed by atoms with Gasteiger partial charge in [0.25, 0.3) is 0 Å². The molecule has 1 aliphatic carbocycles. The number of rotatable bonds is 1. The summed E-state index contributed by atoms with van der Waals surface area (Å²) in [6, 6.07) is 3.77. The molecule has 1 saturated carbocycles. The van der Waals surface area contributed by atoms with Gasteiger partial charge in [-0.1, -0.05) is 11.6 Å². The molecule has 0 unspecified atom stereocenters. The number of halogens is 1. The molecule has 0 amide bonds. The van der Waals surface area contributed by atoms with E-state index in [1.165, 1.54) is 12.8 Å². The number of nitrogens with zero attached hydrogens (tertiary/aromatic N) is 1. The Hall–Kier alpha value is 1.08. The van der Waals surface area contributed by atoms with Gasteiger partial charge < -0.3 is 0 Å². The van der Waals surface area contributed by atoms with Gasteiger partial charge in [-0.3, -0.25) is 4.98 Å². The fraction of sp³-hybridized carbons (Fsp3) is 0.375. The minimum absolute atomic E-state index is 0. The average molecular weight is 193 g/mol. The maximum Gasteiger partial charge on any atom is 0.0624 e. The maximum atomic E-state index is 5.90. The Morgan fingerprint density at radius 2 is 2.18 bits per heavy atom. The largest absolute Gasteiger partial charge is 0.259 e. The van der Waals surface area contributed by atoms with Gasteiger partial charge in [0.15, 0.2) is 0 Å². The SMILES string of the molecule is Clc1cccnc1C1CC1.[K]. The minimum Gasteiger partial charge on any atom is -0.259 e. The van der Waals surface area contributed by atoms with E-state index in [4.69, 9.17) is 11.6 Å². The van der Waals surface area contributed by atoms with Crippen molar-refractivity contribution in [3.8, 4) is 0 Å². The normalized spacial score (nSPS) is 15.7. The molecule has 0 N–H and O–H groups in total. The van der Waals surface area contributed by atoms with Crippen molar-refractivity contribution < 1.29 is 0 Å². The van der Waals surface area contributed by atoms with E-state index in [-0.39, 0.29) is 51.4 Å². The summed E-state index contributed by atoms with van der Waals surface area (Å²) in [6.07, 6.45) is 4.33. The van der Waals surface area contributed by atoms with E-state index < -0.39 is 0 Å². The van der Waals surface area contributed by atoms with Crippen LogP contribution in [-0.2, 0) is 0 Å². The third-order valence-corrected chi connectivity index (χ3v) is 2.07. The predicted octanol–water partition coefficient (Wildman–Crippen LogP) is 2.23. The third kappa shape index (κ3) is 2.51. The molecule has 0 saturated heterocycles. The van der Waals surface area contributed by atoms with Gasteiger partial charge in [0.05, 0.1) is 10.7 Å². The van der Waals surface area contributed by atoms with Crippen LogP contribution in [0.5, 0.6) is 0 Å². The van der Waals surface area contributed by atoms with E-state index in [1.807, 2.05) is 12.1 Å². The van der Waals surface area contributed by atoms with E-state index in [1.54, 1.807) is 6.20 Å². The van der Waals surface area contributed by atoms with Gasteiger partial charge in [0.1, 0.15) is 0 Å². The molecule has 2 rings (SSSR count). The molecule has 0 aliphatic heterocycles. The molecule has 53 valence electrons. The zero-order chi connectivity index (χ0) is 6.97. The Morgan fingerprint density at radius 3 is 2.73 bits per heavy atom. The topological polar surface area (TPSA) is 12.9 Å². The van der Waals surface area contributed by atoms with Crippen LogP contribution in [-0.4, -0.2) is 56.4 Å². The Balaban J connectivity index is 0.000000605. The summed E-state index contributed by atoms with van der Waals surface area (Å²) in [5.41, 5.74) is 1.09. The maximum absolute atomic E-state index is 5.90. The van der Waals surface area contributed by atoms with Crippen molar-refractivity contribution >= 4 is 63.0 Å². The fourth-order valence-electron chi connectivity index (χ4n) is 1.06. The van der Waals surface area contributed by atoms with Crippen molar-refractivity contribution in [2.75, 3.05) is 0 Å². The molecule has 1 aromatic heterocycles. The number of hydrogen-bond acceptors (Lipinski definition) is 1. The molecule has 1 radical (unpaired) electrons. The molecule has 0 spiro atoms. The smallest absolute Gasteiger partial charge is 0.0624 e. The monoisotopic (exact) mass is 192 g/mol. The second-order valence-electron chi connectivity index (χ2n) is 2.64. The number of hydrogen-bond donors (Lipinski definition) is 0. The van der Waals surface area contributed by atoms with Gasteiger partial charge in [-0.2, -0.15) is 0 Å². The van der Waals surface area contributed by atoms with Gasteiger partial charge in [-0.05, 0) is 25.0 Å². The molecule has 11 heavy (non-hydrogen) atoms. The van der Waals surface area contributed by atoms with Crippen molar-refractivity contribution in [3.05, 3.63) is 29.0 Å². The van der Waals surface area contributed by atoms with Crippen LogP contribution in [0.25, 0.3) is 0 Å². The van der Waals surface area contributed by atoms with Gasteiger partial charge in [0.2, 0.25) is 0 Å². The first-order chi connectivity index (χ1) is 4.88. The van der Waals surface area contributed by atoms with Gasteiger partial charge in [0, 0.05) is 63.5 Å². The van der Waals surface area contributed by atoms with Crippen molar-refractivity contribution in [2.24, 2.45) is 0 Å². The van der Waals surface area contributed by atoms with Crippen molar-refractivity contribution in [1.29, 1.82) is 0 Å². The van der Waals surface area contributed by atoms with Gasteiger partial charge >= 0.3 is 0 Å². The number of pyridine rings is 1. The summed E-state index contributed by atoms with van der Waals surface area (Å²) >= 11 is 5.90. The standard InChI is InChI=1S/C8H8ClN.K/c9-7-2-1-5-10-8(7)6-3-4-6;/h1-2,5-6H,3-4H2;. The molecule has 1 fully saturated rings. The van der Waals surface area contributed by atoms with Crippen LogP contribution in [0.2, 0.25) is 5.02 Å². The van der Waals surface area contributed by atoms with E-state index >= 15 is 0 Å². The van der Waals surface area contributed by atoms with E-state index in [9.17, 15) is 0 Å². The molecule has 0 atom stereocenters. The van der Waals surface area contributed by atoms with E-state index in [2.05, 4.69) is 4.98 Å². The number of aromatic nitrogens is 1. The Bertz CT molecular complexity index is 248. The molecule has 0 aromatic carbocycles. The molecule has 1 aromatic rings.